The summed E-state index contributed by atoms with van der Waals surface area (Å²) in [5, 5.41) is 9.51. The molecule has 0 saturated carbocycles. The first kappa shape index (κ1) is 30.9. The smallest absolute Gasteiger partial charge is 0.325 e. The van der Waals surface area contributed by atoms with E-state index in [9.17, 15) is 24.3 Å². The van der Waals surface area contributed by atoms with Gasteiger partial charge in [0.2, 0.25) is 5.91 Å². The lowest BCUT2D eigenvalue weighted by Crippen LogP contribution is -2.32. The third kappa shape index (κ3) is 14.2. The first-order valence-corrected chi connectivity index (χ1v) is 15.4. The fourth-order valence-corrected chi connectivity index (χ4v) is 4.76. The van der Waals surface area contributed by atoms with E-state index in [0.29, 0.717) is 19.6 Å². The number of carbonyl (C=O) groups excluding carboxylic acids is 1. The number of phenols is 1. The molecule has 2 rings (SSSR count). The Morgan fingerprint density at radius 2 is 1.57 bits per heavy atom. The van der Waals surface area contributed by atoms with E-state index in [2.05, 4.69) is 6.92 Å². The Kier molecular flexibility index (Phi) is 14.4. The lowest BCUT2D eigenvalue weighted by atomic mass is 10.1. The number of rotatable bonds is 19. The van der Waals surface area contributed by atoms with Gasteiger partial charge < -0.3 is 24.5 Å². The predicted octanol–water partition coefficient (Wildman–Crippen LogP) is 6.44. The molecule has 1 amide bonds. The average molecular weight is 534 g/mol. The van der Waals surface area contributed by atoms with E-state index >= 15 is 0 Å². The molecule has 7 nitrogen and oxygen atoms in total. The van der Waals surface area contributed by atoms with Gasteiger partial charge in [0.1, 0.15) is 11.5 Å². The quantitative estimate of drug-likeness (QED) is 0.142. The molecular formula is C29H44NO6P. The largest absolute Gasteiger partial charge is 0.508 e. The summed E-state index contributed by atoms with van der Waals surface area (Å²) in [6, 6.07) is 14.5. The molecule has 0 heterocycles. The molecule has 0 spiro atoms. The molecule has 0 atom stereocenters. The minimum atomic E-state index is -4.12. The lowest BCUT2D eigenvalue weighted by Gasteiger charge is -2.23. The molecule has 0 aliphatic heterocycles. The fraction of sp³-hybridized carbons (Fsp3) is 0.552. The van der Waals surface area contributed by atoms with E-state index in [1.165, 1.54) is 44.9 Å². The number of hydrogen-bond donors (Lipinski definition) is 3. The highest BCUT2D eigenvalue weighted by molar-refractivity contribution is 7.51. The van der Waals surface area contributed by atoms with Crippen LogP contribution in [0.3, 0.4) is 0 Å². The Morgan fingerprint density at radius 3 is 2.24 bits per heavy atom. The summed E-state index contributed by atoms with van der Waals surface area (Å²) in [6.07, 6.45) is 10.8. The van der Waals surface area contributed by atoms with Gasteiger partial charge in [-0.1, -0.05) is 76.1 Å². The normalized spacial score (nSPS) is 11.4. The number of hydrogen-bond acceptors (Lipinski definition) is 4. The highest BCUT2D eigenvalue weighted by Crippen LogP contribution is 2.35. The van der Waals surface area contributed by atoms with Crippen LogP contribution in [-0.4, -0.2) is 45.0 Å². The van der Waals surface area contributed by atoms with Gasteiger partial charge in [-0.3, -0.25) is 9.36 Å². The van der Waals surface area contributed by atoms with E-state index in [1.54, 1.807) is 29.2 Å². The SMILES string of the molecule is CCCCCCCCCCOc1cccc(CCC(=O)N(CCCP(=O)(O)O)Cc2ccc(O)cc2)c1. The number of benzene rings is 2. The maximum atomic E-state index is 13.0. The van der Waals surface area contributed by atoms with Crippen LogP contribution in [-0.2, 0) is 22.3 Å². The van der Waals surface area contributed by atoms with Crippen molar-refractivity contribution in [3.63, 3.8) is 0 Å². The van der Waals surface area contributed by atoms with Gasteiger partial charge in [-0.2, -0.15) is 0 Å². The zero-order valence-corrected chi connectivity index (χ0v) is 23.1. The number of amides is 1. The molecule has 0 aliphatic carbocycles. The monoisotopic (exact) mass is 533 g/mol. The van der Waals surface area contributed by atoms with Crippen molar-refractivity contribution in [2.24, 2.45) is 0 Å². The van der Waals surface area contributed by atoms with Gasteiger partial charge in [-0.15, -0.1) is 0 Å². The number of nitrogens with zero attached hydrogens (tertiary/aromatic N) is 1. The number of unbranched alkanes of at least 4 members (excludes halogenated alkanes) is 7. The minimum absolute atomic E-state index is 0.0796. The third-order valence-electron chi connectivity index (χ3n) is 6.33. The van der Waals surface area contributed by atoms with Crippen molar-refractivity contribution in [3.05, 3.63) is 59.7 Å². The first-order chi connectivity index (χ1) is 17.8. The molecule has 206 valence electrons. The van der Waals surface area contributed by atoms with Crippen LogP contribution in [0.2, 0.25) is 0 Å². The fourth-order valence-electron chi connectivity index (χ4n) is 4.21. The van der Waals surface area contributed by atoms with Crippen molar-refractivity contribution >= 4 is 13.5 Å². The Hall–Kier alpha value is -2.34. The molecule has 2 aromatic rings. The van der Waals surface area contributed by atoms with Crippen LogP contribution in [0, 0.1) is 0 Å². The van der Waals surface area contributed by atoms with Crippen molar-refractivity contribution in [1.82, 2.24) is 4.90 Å². The third-order valence-corrected chi connectivity index (χ3v) is 7.23. The van der Waals surface area contributed by atoms with Gasteiger partial charge in [-0.25, -0.2) is 0 Å². The minimum Gasteiger partial charge on any atom is -0.508 e. The second-order valence-corrected chi connectivity index (χ2v) is 11.5. The number of carbonyl (C=O) groups is 1. The molecule has 0 saturated heterocycles. The summed E-state index contributed by atoms with van der Waals surface area (Å²) in [6.45, 7) is 3.50. The lowest BCUT2D eigenvalue weighted by molar-refractivity contribution is -0.131. The number of phenolic OH excluding ortho intramolecular Hbond substituents is 1. The summed E-state index contributed by atoms with van der Waals surface area (Å²) in [4.78, 5) is 33.0. The zero-order valence-electron chi connectivity index (χ0n) is 22.2. The van der Waals surface area contributed by atoms with Crippen molar-refractivity contribution in [3.8, 4) is 11.5 Å². The standard InChI is InChI=1S/C29H44NO6P/c1-2-3-4-5-6-7-8-9-21-36-28-13-10-12-25(23-28)16-19-29(32)30(20-11-22-37(33,34)35)24-26-14-17-27(31)18-15-26/h10,12-15,17-18,23,31H,2-9,11,16,19-22,24H2,1H3,(H2,33,34,35). The van der Waals surface area contributed by atoms with Crippen LogP contribution in [0.1, 0.15) is 82.3 Å². The molecule has 37 heavy (non-hydrogen) atoms. The number of aromatic hydroxyl groups is 1. The summed E-state index contributed by atoms with van der Waals surface area (Å²) in [5.74, 6) is 0.882. The zero-order chi connectivity index (χ0) is 26.9. The van der Waals surface area contributed by atoms with Crippen LogP contribution >= 0.6 is 7.60 Å². The van der Waals surface area contributed by atoms with Crippen LogP contribution in [0.4, 0.5) is 0 Å². The van der Waals surface area contributed by atoms with E-state index in [0.717, 1.165) is 23.3 Å². The first-order valence-electron chi connectivity index (χ1n) is 13.6. The van der Waals surface area contributed by atoms with Crippen LogP contribution in [0.5, 0.6) is 11.5 Å². The highest BCUT2D eigenvalue weighted by Gasteiger charge is 2.18. The second-order valence-electron chi connectivity index (χ2n) is 9.69. The van der Waals surface area contributed by atoms with E-state index in [4.69, 9.17) is 4.74 Å². The van der Waals surface area contributed by atoms with Crippen molar-refractivity contribution in [1.29, 1.82) is 0 Å². The number of ether oxygens (including phenoxy) is 1. The summed E-state index contributed by atoms with van der Waals surface area (Å²) in [7, 11) is -4.12. The van der Waals surface area contributed by atoms with Gasteiger partial charge in [0, 0.05) is 19.5 Å². The Morgan fingerprint density at radius 1 is 0.892 bits per heavy atom. The molecule has 3 N–H and O–H groups in total. The van der Waals surface area contributed by atoms with Crippen LogP contribution in [0.15, 0.2) is 48.5 Å². The van der Waals surface area contributed by atoms with Gasteiger partial charge in [0.15, 0.2) is 0 Å². The Labute approximate surface area is 222 Å². The molecule has 0 bridgehead atoms. The maximum absolute atomic E-state index is 13.0. The maximum Gasteiger partial charge on any atom is 0.325 e. The van der Waals surface area contributed by atoms with Gasteiger partial charge in [0.25, 0.3) is 0 Å². The topological polar surface area (TPSA) is 107 Å². The van der Waals surface area contributed by atoms with Gasteiger partial charge in [-0.05, 0) is 54.7 Å². The summed E-state index contributed by atoms with van der Waals surface area (Å²) in [5.41, 5.74) is 1.86. The van der Waals surface area contributed by atoms with Crippen LogP contribution in [0.25, 0.3) is 0 Å². The molecule has 0 unspecified atom stereocenters. The van der Waals surface area contributed by atoms with Crippen molar-refractivity contribution < 1.29 is 29.0 Å². The summed E-state index contributed by atoms with van der Waals surface area (Å²) >= 11 is 0. The summed E-state index contributed by atoms with van der Waals surface area (Å²) < 4.78 is 17.2. The second kappa shape index (κ2) is 17.2. The predicted molar refractivity (Wildman–Crippen MR) is 148 cm³/mol. The van der Waals surface area contributed by atoms with E-state index in [1.807, 2.05) is 24.3 Å². The van der Waals surface area contributed by atoms with E-state index in [-0.39, 0.29) is 37.2 Å². The molecule has 0 aliphatic rings. The van der Waals surface area contributed by atoms with Crippen molar-refractivity contribution in [2.75, 3.05) is 19.3 Å². The Bertz CT molecular complexity index is 959. The Balaban J connectivity index is 1.81. The molecule has 0 radical (unpaired) electrons. The molecule has 0 aromatic heterocycles. The highest BCUT2D eigenvalue weighted by atomic mass is 31.2. The van der Waals surface area contributed by atoms with Gasteiger partial charge >= 0.3 is 7.60 Å². The molecular weight excluding hydrogens is 489 g/mol. The van der Waals surface area contributed by atoms with E-state index < -0.39 is 7.60 Å². The number of aryl methyl sites for hydroxylation is 1. The van der Waals surface area contributed by atoms with Crippen molar-refractivity contribution in [2.45, 2.75) is 84.1 Å². The van der Waals surface area contributed by atoms with Crippen LogP contribution < -0.4 is 4.74 Å². The molecule has 0 fully saturated rings. The average Bonchev–Trinajstić information content (AvgIpc) is 2.86. The van der Waals surface area contributed by atoms with Gasteiger partial charge in [0.05, 0.1) is 12.8 Å². The molecule has 2 aromatic carbocycles. The molecule has 8 heteroatoms.